The van der Waals surface area contributed by atoms with Crippen LogP contribution in [0.2, 0.25) is 0 Å². The highest BCUT2D eigenvalue weighted by Crippen LogP contribution is 2.35. The van der Waals surface area contributed by atoms with Gasteiger partial charge >= 0.3 is 5.97 Å². The average Bonchev–Trinajstić information content (AvgIpc) is 3.48. The summed E-state index contributed by atoms with van der Waals surface area (Å²) in [6.07, 6.45) is 3.67. The number of hydrogen-bond donors (Lipinski definition) is 0. The third-order valence-corrected chi connectivity index (χ3v) is 6.66. The molecule has 4 rings (SSSR count). The van der Waals surface area contributed by atoms with Crippen LogP contribution in [0.15, 0.2) is 41.1 Å². The van der Waals surface area contributed by atoms with E-state index in [1.165, 1.54) is 7.11 Å². The Labute approximate surface area is 200 Å². The second kappa shape index (κ2) is 9.50. The molecule has 0 saturated carbocycles. The predicted molar refractivity (Wildman–Crippen MR) is 130 cm³/mol. The molecule has 2 aromatic rings. The lowest BCUT2D eigenvalue weighted by Crippen LogP contribution is -2.33. The van der Waals surface area contributed by atoms with Crippen molar-refractivity contribution in [1.82, 2.24) is 9.47 Å². The zero-order valence-corrected chi connectivity index (χ0v) is 20.7. The molecule has 1 saturated heterocycles. The van der Waals surface area contributed by atoms with Gasteiger partial charge in [-0.05, 0) is 75.9 Å². The number of carbonyl (C=O) groups is 2. The van der Waals surface area contributed by atoms with Crippen molar-refractivity contribution < 1.29 is 23.8 Å². The van der Waals surface area contributed by atoms with E-state index in [-0.39, 0.29) is 12.0 Å². The number of amides is 1. The number of methoxy groups -OCH3 is 2. The fraction of sp³-hybridized carbons (Fsp3) is 0.407. The first-order valence-corrected chi connectivity index (χ1v) is 11.6. The van der Waals surface area contributed by atoms with Gasteiger partial charge in [-0.2, -0.15) is 0 Å². The zero-order valence-electron chi connectivity index (χ0n) is 20.7. The van der Waals surface area contributed by atoms with E-state index in [1.807, 2.05) is 39.0 Å². The highest BCUT2D eigenvalue weighted by Gasteiger charge is 2.38. The topological polar surface area (TPSA) is 70.0 Å². The SMILES string of the molecule is COC(=O)C1=C(C)N(C[C@@H]2CCCO2)C(=O)/C1=C\c1cc(C)n(-c2cc(C)ccc2OC)c1C. The third kappa shape index (κ3) is 4.16. The summed E-state index contributed by atoms with van der Waals surface area (Å²) in [6.45, 7) is 8.98. The summed E-state index contributed by atoms with van der Waals surface area (Å²) in [7, 11) is 2.99. The Bertz CT molecular complexity index is 1200. The van der Waals surface area contributed by atoms with Gasteiger partial charge in [0.2, 0.25) is 0 Å². The second-order valence-electron chi connectivity index (χ2n) is 8.90. The molecule has 7 heteroatoms. The molecule has 0 unspecified atom stereocenters. The molecule has 1 aromatic heterocycles. The van der Waals surface area contributed by atoms with Crippen LogP contribution >= 0.6 is 0 Å². The van der Waals surface area contributed by atoms with Crippen molar-refractivity contribution in [2.75, 3.05) is 27.4 Å². The Morgan fingerprint density at radius 1 is 1.18 bits per heavy atom. The van der Waals surface area contributed by atoms with Crippen LogP contribution in [-0.4, -0.2) is 54.8 Å². The summed E-state index contributed by atoms with van der Waals surface area (Å²) >= 11 is 0. The van der Waals surface area contributed by atoms with Crippen molar-refractivity contribution in [3.63, 3.8) is 0 Å². The summed E-state index contributed by atoms with van der Waals surface area (Å²) in [5, 5.41) is 0. The van der Waals surface area contributed by atoms with Gasteiger partial charge in [0.25, 0.3) is 5.91 Å². The monoisotopic (exact) mass is 464 g/mol. The van der Waals surface area contributed by atoms with Gasteiger partial charge in [-0.3, -0.25) is 4.79 Å². The Kier molecular flexibility index (Phi) is 6.66. The van der Waals surface area contributed by atoms with Gasteiger partial charge in [0.05, 0.1) is 43.7 Å². The smallest absolute Gasteiger partial charge is 0.340 e. The van der Waals surface area contributed by atoms with Crippen molar-refractivity contribution in [2.45, 2.75) is 46.6 Å². The average molecular weight is 465 g/mol. The van der Waals surface area contributed by atoms with Crippen molar-refractivity contribution in [1.29, 1.82) is 0 Å². The Hall–Kier alpha value is -3.32. The molecule has 0 radical (unpaired) electrons. The summed E-state index contributed by atoms with van der Waals surface area (Å²) < 4.78 is 18.5. The van der Waals surface area contributed by atoms with E-state index in [4.69, 9.17) is 14.2 Å². The fourth-order valence-electron chi connectivity index (χ4n) is 4.87. The Morgan fingerprint density at radius 3 is 2.59 bits per heavy atom. The lowest BCUT2D eigenvalue weighted by Gasteiger charge is -2.21. The molecule has 34 heavy (non-hydrogen) atoms. The highest BCUT2D eigenvalue weighted by atomic mass is 16.5. The van der Waals surface area contributed by atoms with E-state index in [1.54, 1.807) is 25.0 Å². The van der Waals surface area contributed by atoms with E-state index in [0.717, 1.165) is 46.8 Å². The van der Waals surface area contributed by atoms with Gasteiger partial charge in [0, 0.05) is 23.7 Å². The van der Waals surface area contributed by atoms with Crippen molar-refractivity contribution in [3.8, 4) is 11.4 Å². The number of ether oxygens (including phenoxy) is 3. The minimum Gasteiger partial charge on any atom is -0.495 e. The quantitative estimate of drug-likeness (QED) is 0.472. The van der Waals surface area contributed by atoms with Gasteiger partial charge in [-0.1, -0.05) is 6.07 Å². The van der Waals surface area contributed by atoms with Crippen LogP contribution in [0.3, 0.4) is 0 Å². The number of allylic oxidation sites excluding steroid dienone is 1. The number of carbonyl (C=O) groups excluding carboxylic acids is 2. The van der Waals surface area contributed by atoms with Crippen LogP contribution in [-0.2, 0) is 19.1 Å². The van der Waals surface area contributed by atoms with Gasteiger partial charge in [-0.25, -0.2) is 4.79 Å². The first-order chi connectivity index (χ1) is 16.3. The lowest BCUT2D eigenvalue weighted by atomic mass is 10.0. The predicted octanol–water partition coefficient (Wildman–Crippen LogP) is 4.26. The van der Waals surface area contributed by atoms with Gasteiger partial charge in [-0.15, -0.1) is 0 Å². The highest BCUT2D eigenvalue weighted by molar-refractivity contribution is 6.16. The minimum atomic E-state index is -0.513. The molecule has 180 valence electrons. The zero-order chi connectivity index (χ0) is 24.6. The molecule has 7 nitrogen and oxygen atoms in total. The van der Waals surface area contributed by atoms with Gasteiger partial charge < -0.3 is 23.7 Å². The maximum absolute atomic E-state index is 13.5. The van der Waals surface area contributed by atoms with E-state index in [2.05, 4.69) is 10.6 Å². The number of hydrogen-bond acceptors (Lipinski definition) is 5. The number of benzene rings is 1. The molecule has 1 atom stereocenters. The number of esters is 1. The minimum absolute atomic E-state index is 0.0176. The first-order valence-electron chi connectivity index (χ1n) is 11.6. The first kappa shape index (κ1) is 23.8. The van der Waals surface area contributed by atoms with Crippen molar-refractivity contribution in [3.05, 3.63) is 63.6 Å². The molecule has 1 fully saturated rings. The van der Waals surface area contributed by atoms with E-state index in [0.29, 0.717) is 30.0 Å². The fourth-order valence-corrected chi connectivity index (χ4v) is 4.87. The number of rotatable bonds is 6. The summed E-state index contributed by atoms with van der Waals surface area (Å²) in [4.78, 5) is 27.8. The number of nitrogens with zero attached hydrogens (tertiary/aromatic N) is 2. The maximum atomic E-state index is 13.5. The Morgan fingerprint density at radius 2 is 1.94 bits per heavy atom. The molecule has 0 N–H and O–H groups in total. The summed E-state index contributed by atoms with van der Waals surface area (Å²) in [6, 6.07) is 8.05. The number of aryl methyl sites for hydroxylation is 2. The van der Waals surface area contributed by atoms with E-state index in [9.17, 15) is 9.59 Å². The molecule has 1 amide bonds. The molecule has 1 aromatic carbocycles. The lowest BCUT2D eigenvalue weighted by molar-refractivity contribution is -0.136. The van der Waals surface area contributed by atoms with Crippen LogP contribution in [0.25, 0.3) is 11.8 Å². The molecule has 2 aliphatic rings. The van der Waals surface area contributed by atoms with Crippen molar-refractivity contribution >= 4 is 18.0 Å². The van der Waals surface area contributed by atoms with Crippen molar-refractivity contribution in [2.24, 2.45) is 0 Å². The van der Waals surface area contributed by atoms with Gasteiger partial charge in [0.15, 0.2) is 0 Å². The molecule has 0 aliphatic carbocycles. The van der Waals surface area contributed by atoms with E-state index < -0.39 is 5.97 Å². The van der Waals surface area contributed by atoms with Crippen LogP contribution in [0.5, 0.6) is 5.75 Å². The normalized spacial score (nSPS) is 19.5. The second-order valence-corrected chi connectivity index (χ2v) is 8.90. The Balaban J connectivity index is 1.79. The summed E-state index contributed by atoms with van der Waals surface area (Å²) in [5.41, 5.74) is 6.11. The molecular formula is C27H32N2O5. The van der Waals surface area contributed by atoms with Crippen LogP contribution in [0.1, 0.15) is 42.3 Å². The standard InChI is InChI=1S/C27H32N2O5/c1-16-9-10-24(32-5)23(12-16)29-17(2)13-20(18(29)3)14-22-25(27(31)33-6)19(4)28(26(22)30)15-21-8-7-11-34-21/h9-10,12-14,21H,7-8,11,15H2,1-6H3/b22-14-/t21-/m0/s1. The molecule has 3 heterocycles. The summed E-state index contributed by atoms with van der Waals surface area (Å²) in [5.74, 6) is 0.0460. The van der Waals surface area contributed by atoms with Crippen LogP contribution in [0, 0.1) is 20.8 Å². The van der Waals surface area contributed by atoms with Crippen LogP contribution < -0.4 is 4.74 Å². The van der Waals surface area contributed by atoms with E-state index >= 15 is 0 Å². The maximum Gasteiger partial charge on any atom is 0.340 e. The number of aromatic nitrogens is 1. The van der Waals surface area contributed by atoms with Crippen LogP contribution in [0.4, 0.5) is 0 Å². The molecule has 0 spiro atoms. The molecule has 0 bridgehead atoms. The molecule has 2 aliphatic heterocycles. The third-order valence-electron chi connectivity index (χ3n) is 6.66. The molecular weight excluding hydrogens is 432 g/mol. The largest absolute Gasteiger partial charge is 0.495 e. The van der Waals surface area contributed by atoms with Gasteiger partial charge in [0.1, 0.15) is 5.75 Å².